The Balaban J connectivity index is 2.13. The number of unbranched alkanes of at least 4 members (excludes halogenated alkanes) is 8. The predicted octanol–water partition coefficient (Wildman–Crippen LogP) is 8.27. The molecular weight excluding hydrogens is 460 g/mol. The van der Waals surface area contributed by atoms with Gasteiger partial charge < -0.3 is 14.2 Å². The van der Waals surface area contributed by atoms with Crippen LogP contribution in [0.1, 0.15) is 118 Å². The van der Waals surface area contributed by atoms with Gasteiger partial charge in [0.1, 0.15) is 0 Å². The van der Waals surface area contributed by atoms with Crippen LogP contribution in [0.25, 0.3) is 0 Å². The van der Waals surface area contributed by atoms with Crippen molar-refractivity contribution >= 4 is 0 Å². The SMILES string of the molecule is CCCCCCCN(CC)C1CCCOCCCC(N(CC)CCCCCCC)Oc2ccccc2O1. The minimum Gasteiger partial charge on any atom is -0.471 e. The van der Waals surface area contributed by atoms with E-state index in [0.717, 1.165) is 76.6 Å². The molecule has 0 bridgehead atoms. The molecule has 2 unspecified atom stereocenters. The van der Waals surface area contributed by atoms with Crippen LogP contribution >= 0.6 is 0 Å². The maximum atomic E-state index is 6.75. The number of fused-ring (bicyclic) bond motifs is 1. The summed E-state index contributed by atoms with van der Waals surface area (Å²) in [7, 11) is 0. The fourth-order valence-electron chi connectivity index (χ4n) is 5.24. The highest BCUT2D eigenvalue weighted by Gasteiger charge is 2.24. The molecule has 5 nitrogen and oxygen atoms in total. The Labute approximate surface area is 229 Å². The summed E-state index contributed by atoms with van der Waals surface area (Å²) in [5, 5.41) is 0. The number of hydrogen-bond donors (Lipinski definition) is 0. The van der Waals surface area contributed by atoms with Gasteiger partial charge in [-0.1, -0.05) is 91.2 Å². The van der Waals surface area contributed by atoms with Crippen LogP contribution < -0.4 is 9.47 Å². The lowest BCUT2D eigenvalue weighted by molar-refractivity contribution is 0.00124. The summed E-state index contributed by atoms with van der Waals surface area (Å²) in [6.07, 6.45) is 17.0. The average Bonchev–Trinajstić information content (AvgIpc) is 2.93. The monoisotopic (exact) mass is 518 g/mol. The molecule has 0 spiro atoms. The second kappa shape index (κ2) is 20.6. The molecular formula is C32H58N2O3. The van der Waals surface area contributed by atoms with Crippen LogP contribution in [0.15, 0.2) is 24.3 Å². The van der Waals surface area contributed by atoms with Gasteiger partial charge in [-0.2, -0.15) is 0 Å². The highest BCUT2D eigenvalue weighted by molar-refractivity contribution is 5.39. The van der Waals surface area contributed by atoms with E-state index in [-0.39, 0.29) is 12.5 Å². The van der Waals surface area contributed by atoms with E-state index in [1.165, 1.54) is 64.2 Å². The van der Waals surface area contributed by atoms with Crippen molar-refractivity contribution in [2.24, 2.45) is 0 Å². The van der Waals surface area contributed by atoms with E-state index in [1.807, 2.05) is 0 Å². The van der Waals surface area contributed by atoms with Crippen LogP contribution in [-0.4, -0.2) is 61.6 Å². The Hall–Kier alpha value is -1.30. The molecule has 0 fully saturated rings. The molecule has 214 valence electrons. The van der Waals surface area contributed by atoms with Crippen molar-refractivity contribution in [2.75, 3.05) is 39.4 Å². The summed E-state index contributed by atoms with van der Waals surface area (Å²) in [5.41, 5.74) is 0. The third-order valence-electron chi connectivity index (χ3n) is 7.58. The molecule has 37 heavy (non-hydrogen) atoms. The Morgan fingerprint density at radius 1 is 0.622 bits per heavy atom. The number of rotatable bonds is 16. The van der Waals surface area contributed by atoms with Gasteiger partial charge in [-0.3, -0.25) is 9.80 Å². The molecule has 0 N–H and O–H groups in total. The quantitative estimate of drug-likeness (QED) is 0.206. The minimum atomic E-state index is 0.0459. The highest BCUT2D eigenvalue weighted by atomic mass is 16.5. The van der Waals surface area contributed by atoms with E-state index >= 15 is 0 Å². The normalized spacial score (nSPS) is 19.4. The van der Waals surface area contributed by atoms with Crippen molar-refractivity contribution in [2.45, 2.75) is 130 Å². The molecule has 2 atom stereocenters. The molecule has 0 aliphatic carbocycles. The molecule has 2 rings (SSSR count). The molecule has 0 amide bonds. The Bertz CT molecular complexity index is 616. The van der Waals surface area contributed by atoms with Gasteiger partial charge in [-0.05, 0) is 50.9 Å². The van der Waals surface area contributed by atoms with Crippen LogP contribution in [0.2, 0.25) is 0 Å². The van der Waals surface area contributed by atoms with Gasteiger partial charge in [0.05, 0.1) is 0 Å². The predicted molar refractivity (Wildman–Crippen MR) is 157 cm³/mol. The summed E-state index contributed by atoms with van der Waals surface area (Å²) in [5.74, 6) is 1.75. The lowest BCUT2D eigenvalue weighted by Gasteiger charge is -2.33. The molecule has 0 radical (unpaired) electrons. The van der Waals surface area contributed by atoms with Gasteiger partial charge in [-0.15, -0.1) is 0 Å². The summed E-state index contributed by atoms with van der Waals surface area (Å²) in [4.78, 5) is 5.02. The van der Waals surface area contributed by atoms with Crippen molar-refractivity contribution in [1.29, 1.82) is 0 Å². The van der Waals surface area contributed by atoms with Crippen LogP contribution in [0, 0.1) is 0 Å². The maximum Gasteiger partial charge on any atom is 0.163 e. The van der Waals surface area contributed by atoms with Crippen molar-refractivity contribution < 1.29 is 14.2 Å². The van der Waals surface area contributed by atoms with Crippen molar-refractivity contribution in [3.05, 3.63) is 24.3 Å². The van der Waals surface area contributed by atoms with E-state index in [1.54, 1.807) is 0 Å². The molecule has 0 saturated carbocycles. The molecule has 1 heterocycles. The van der Waals surface area contributed by atoms with Gasteiger partial charge in [-0.25, -0.2) is 0 Å². The van der Waals surface area contributed by atoms with Crippen molar-refractivity contribution in [3.8, 4) is 11.5 Å². The second-order valence-corrected chi connectivity index (χ2v) is 10.6. The lowest BCUT2D eigenvalue weighted by Crippen LogP contribution is -2.41. The van der Waals surface area contributed by atoms with E-state index < -0.39 is 0 Å². The number of ether oxygens (including phenoxy) is 3. The van der Waals surface area contributed by atoms with Gasteiger partial charge in [0.15, 0.2) is 24.0 Å². The molecule has 0 aromatic heterocycles. The molecule has 1 aliphatic heterocycles. The van der Waals surface area contributed by atoms with Gasteiger partial charge in [0, 0.05) is 39.1 Å². The minimum absolute atomic E-state index is 0.0459. The first kappa shape index (κ1) is 31.9. The number of nitrogens with zero attached hydrogens (tertiary/aromatic N) is 2. The highest BCUT2D eigenvalue weighted by Crippen LogP contribution is 2.31. The third kappa shape index (κ3) is 12.9. The molecule has 5 heteroatoms. The first-order chi connectivity index (χ1) is 18.2. The number of para-hydroxylation sites is 2. The first-order valence-corrected chi connectivity index (χ1v) is 15.7. The second-order valence-electron chi connectivity index (χ2n) is 10.6. The van der Waals surface area contributed by atoms with E-state index in [0.29, 0.717) is 0 Å². The number of hydrogen-bond acceptors (Lipinski definition) is 5. The van der Waals surface area contributed by atoms with Crippen molar-refractivity contribution in [1.82, 2.24) is 9.80 Å². The van der Waals surface area contributed by atoms with E-state index in [9.17, 15) is 0 Å². The molecule has 1 aromatic rings. The van der Waals surface area contributed by atoms with Crippen LogP contribution in [0.3, 0.4) is 0 Å². The topological polar surface area (TPSA) is 34.2 Å². The van der Waals surface area contributed by atoms with Crippen LogP contribution in [-0.2, 0) is 4.74 Å². The average molecular weight is 519 g/mol. The van der Waals surface area contributed by atoms with E-state index in [2.05, 4.69) is 61.8 Å². The van der Waals surface area contributed by atoms with Crippen LogP contribution in [0.5, 0.6) is 11.5 Å². The maximum absolute atomic E-state index is 6.75. The Morgan fingerprint density at radius 2 is 1.05 bits per heavy atom. The summed E-state index contributed by atoms with van der Waals surface area (Å²) in [6.45, 7) is 14.8. The zero-order valence-corrected chi connectivity index (χ0v) is 24.7. The van der Waals surface area contributed by atoms with Gasteiger partial charge >= 0.3 is 0 Å². The van der Waals surface area contributed by atoms with Crippen molar-refractivity contribution in [3.63, 3.8) is 0 Å². The first-order valence-electron chi connectivity index (χ1n) is 15.7. The lowest BCUT2D eigenvalue weighted by atomic mass is 10.1. The Morgan fingerprint density at radius 3 is 1.46 bits per heavy atom. The summed E-state index contributed by atoms with van der Waals surface area (Å²) in [6, 6.07) is 8.32. The fraction of sp³-hybridized carbons (Fsp3) is 0.812. The zero-order chi connectivity index (χ0) is 26.6. The molecule has 1 aliphatic rings. The molecule has 0 saturated heterocycles. The summed E-state index contributed by atoms with van der Waals surface area (Å²) >= 11 is 0. The fourth-order valence-corrected chi connectivity index (χ4v) is 5.24. The van der Waals surface area contributed by atoms with E-state index in [4.69, 9.17) is 14.2 Å². The third-order valence-corrected chi connectivity index (χ3v) is 7.58. The Kier molecular flexibility index (Phi) is 17.8. The smallest absolute Gasteiger partial charge is 0.163 e. The van der Waals surface area contributed by atoms with Gasteiger partial charge in [0.2, 0.25) is 0 Å². The number of benzene rings is 1. The van der Waals surface area contributed by atoms with Crippen LogP contribution in [0.4, 0.5) is 0 Å². The summed E-state index contributed by atoms with van der Waals surface area (Å²) < 4.78 is 19.6. The largest absolute Gasteiger partial charge is 0.471 e. The zero-order valence-electron chi connectivity index (χ0n) is 24.7. The standard InChI is InChI=1S/C32H58N2O3/c1-5-9-11-13-17-25-33(7-3)31-23-19-27-35-28-20-24-32(34(8-4)26-18-14-12-10-6-2)37-30-22-16-15-21-29(30)36-31/h15-16,21-22,31-32H,5-14,17-20,23-28H2,1-4H3. The van der Waals surface area contributed by atoms with Gasteiger partial charge in [0.25, 0.3) is 0 Å². The molecule has 1 aromatic carbocycles.